The number of ether oxygens (including phenoxy) is 1. The van der Waals surface area contributed by atoms with Crippen LogP contribution in [0.5, 0.6) is 5.75 Å². The topological polar surface area (TPSA) is 126 Å². The number of likely N-dealkylation sites (N-methyl/N-ethyl adjacent to an activating group) is 1. The Morgan fingerprint density at radius 3 is 2.59 bits per heavy atom. The summed E-state index contributed by atoms with van der Waals surface area (Å²) in [5, 5.41) is 11.6. The number of halogens is 3. The molecule has 0 aromatic heterocycles. The monoisotopic (exact) mass is 487 g/mol. The highest BCUT2D eigenvalue weighted by molar-refractivity contribution is 7.89. The second kappa shape index (κ2) is 8.72. The number of sulfonamides is 1. The van der Waals surface area contributed by atoms with E-state index in [-0.39, 0.29) is 33.5 Å². The standard InChI is InChI=1S/C18H16F3N5O4S2/c1-2-26-14-7-6-11(30-18(19,20)21)9-13(14)15(16(26)27)24-25-17(31)23-10-4-3-5-12(8-10)32(22,28)29/h3-9H,2H2,1H3,(H2,22,28,29)(H2,23,25,31). The molecule has 0 fully saturated rings. The summed E-state index contributed by atoms with van der Waals surface area (Å²) in [6.45, 7) is 1.95. The smallest absolute Gasteiger partial charge is 0.406 e. The maximum Gasteiger partial charge on any atom is 0.573 e. The second-order valence-corrected chi connectivity index (χ2v) is 8.35. The van der Waals surface area contributed by atoms with Crippen molar-refractivity contribution in [1.29, 1.82) is 0 Å². The lowest BCUT2D eigenvalue weighted by atomic mass is 10.1. The van der Waals surface area contributed by atoms with Gasteiger partial charge in [-0.3, -0.25) is 10.2 Å². The highest BCUT2D eigenvalue weighted by atomic mass is 32.2. The highest BCUT2D eigenvalue weighted by Crippen LogP contribution is 2.34. The predicted molar refractivity (Wildman–Crippen MR) is 115 cm³/mol. The van der Waals surface area contributed by atoms with E-state index in [1.165, 1.54) is 35.2 Å². The lowest BCUT2D eigenvalue weighted by Gasteiger charge is -2.14. The number of hydrogen-bond acceptors (Lipinski definition) is 6. The van der Waals surface area contributed by atoms with Crippen LogP contribution in [-0.4, -0.2) is 38.1 Å². The Balaban J connectivity index is 1.83. The number of carbonyl (C=O) groups is 1. The molecule has 2 aromatic carbocycles. The van der Waals surface area contributed by atoms with Crippen LogP contribution in [-0.2, 0) is 14.8 Å². The summed E-state index contributed by atoms with van der Waals surface area (Å²) in [5.74, 6) is -1.05. The molecule has 3 rings (SSSR count). The first-order chi connectivity index (χ1) is 14.9. The quantitative estimate of drug-likeness (QED) is 0.436. The number of anilines is 2. The number of carbonyl (C=O) groups excluding carboxylic acids is 1. The first-order valence-corrected chi connectivity index (χ1v) is 10.8. The van der Waals surface area contributed by atoms with E-state index in [4.69, 9.17) is 17.4 Å². The fourth-order valence-corrected chi connectivity index (χ4v) is 3.65. The van der Waals surface area contributed by atoms with Crippen LogP contribution in [0.1, 0.15) is 12.5 Å². The molecule has 1 aliphatic rings. The average Bonchev–Trinajstić information content (AvgIpc) is 2.94. The number of rotatable bonds is 5. The molecule has 0 radical (unpaired) electrons. The van der Waals surface area contributed by atoms with Crippen LogP contribution >= 0.6 is 12.2 Å². The molecular weight excluding hydrogens is 471 g/mol. The van der Waals surface area contributed by atoms with Crippen molar-refractivity contribution in [2.24, 2.45) is 10.2 Å². The number of fused-ring (bicyclic) bond motifs is 1. The first-order valence-electron chi connectivity index (χ1n) is 8.88. The van der Waals surface area contributed by atoms with Crippen LogP contribution in [0.25, 0.3) is 0 Å². The molecule has 2 aromatic rings. The molecule has 0 bridgehead atoms. The molecule has 1 heterocycles. The molecule has 9 nitrogen and oxygen atoms in total. The van der Waals surface area contributed by atoms with Gasteiger partial charge in [0, 0.05) is 17.8 Å². The Labute approximate surface area is 186 Å². The van der Waals surface area contributed by atoms with Crippen molar-refractivity contribution >= 4 is 50.3 Å². The summed E-state index contributed by atoms with van der Waals surface area (Å²) in [7, 11) is -3.93. The van der Waals surface area contributed by atoms with Crippen LogP contribution in [0.2, 0.25) is 0 Å². The van der Waals surface area contributed by atoms with Gasteiger partial charge in [0.05, 0.1) is 10.6 Å². The Kier molecular flexibility index (Phi) is 6.39. The molecule has 0 saturated heterocycles. The van der Waals surface area contributed by atoms with Crippen LogP contribution in [0, 0.1) is 0 Å². The molecule has 0 aliphatic carbocycles. The van der Waals surface area contributed by atoms with Gasteiger partial charge in [0.25, 0.3) is 5.91 Å². The summed E-state index contributed by atoms with van der Waals surface area (Å²) in [4.78, 5) is 13.9. The van der Waals surface area contributed by atoms with Gasteiger partial charge < -0.3 is 15.0 Å². The van der Waals surface area contributed by atoms with E-state index in [0.717, 1.165) is 12.1 Å². The number of hydrogen-bond donors (Lipinski definition) is 3. The van der Waals surface area contributed by atoms with Gasteiger partial charge in [-0.1, -0.05) is 6.07 Å². The largest absolute Gasteiger partial charge is 0.573 e. The molecule has 0 unspecified atom stereocenters. The van der Waals surface area contributed by atoms with Gasteiger partial charge in [0.1, 0.15) is 5.75 Å². The molecule has 0 spiro atoms. The Morgan fingerprint density at radius 1 is 1.25 bits per heavy atom. The molecule has 170 valence electrons. The van der Waals surface area contributed by atoms with Gasteiger partial charge >= 0.3 is 6.36 Å². The minimum absolute atomic E-state index is 0.101. The number of thiocarbonyl (C=S) groups is 1. The summed E-state index contributed by atoms with van der Waals surface area (Å²) in [6, 6.07) is 8.99. The number of amides is 1. The van der Waals surface area contributed by atoms with Crippen molar-refractivity contribution < 1.29 is 31.1 Å². The highest BCUT2D eigenvalue weighted by Gasteiger charge is 2.36. The van der Waals surface area contributed by atoms with Crippen molar-refractivity contribution in [3.63, 3.8) is 0 Å². The maximum absolute atomic E-state index is 12.7. The molecule has 0 atom stereocenters. The molecular formula is C18H16F3N5O4S2. The lowest BCUT2D eigenvalue weighted by Crippen LogP contribution is -2.32. The zero-order valence-corrected chi connectivity index (χ0v) is 17.9. The third kappa shape index (κ3) is 5.33. The molecule has 1 amide bonds. The molecule has 14 heteroatoms. The minimum Gasteiger partial charge on any atom is -0.406 e. The Morgan fingerprint density at radius 2 is 1.97 bits per heavy atom. The lowest BCUT2D eigenvalue weighted by molar-refractivity contribution is -0.274. The minimum atomic E-state index is -4.89. The summed E-state index contributed by atoms with van der Waals surface area (Å²) >= 11 is 5.09. The van der Waals surface area contributed by atoms with Gasteiger partial charge in [-0.25, -0.2) is 13.6 Å². The maximum atomic E-state index is 12.7. The predicted octanol–water partition coefficient (Wildman–Crippen LogP) is 2.29. The van der Waals surface area contributed by atoms with Gasteiger partial charge in [-0.05, 0) is 55.5 Å². The fraction of sp³-hybridized carbons (Fsp3) is 0.167. The van der Waals surface area contributed by atoms with Gasteiger partial charge in [0.15, 0.2) is 10.8 Å². The van der Waals surface area contributed by atoms with Crippen LogP contribution in [0.3, 0.4) is 0 Å². The number of nitrogens with zero attached hydrogens (tertiary/aromatic N) is 2. The van der Waals surface area contributed by atoms with Crippen molar-refractivity contribution in [2.75, 3.05) is 16.8 Å². The SMILES string of the molecule is CCN1C(=O)C(=NNC(=S)Nc2cccc(S(N)(=O)=O)c2)c2cc(OC(F)(F)F)ccc21. The zero-order chi connectivity index (χ0) is 23.7. The fourth-order valence-electron chi connectivity index (χ4n) is 2.93. The van der Waals surface area contributed by atoms with Crippen LogP contribution in [0.4, 0.5) is 24.5 Å². The van der Waals surface area contributed by atoms with Gasteiger partial charge in [0.2, 0.25) is 10.0 Å². The summed E-state index contributed by atoms with van der Waals surface area (Å²) in [5.41, 5.74) is 3.04. The molecule has 0 saturated carbocycles. The van der Waals surface area contributed by atoms with E-state index < -0.39 is 28.0 Å². The zero-order valence-electron chi connectivity index (χ0n) is 16.3. The second-order valence-electron chi connectivity index (χ2n) is 6.38. The number of nitrogens with two attached hydrogens (primary N) is 1. The number of primary sulfonamides is 1. The number of nitrogens with one attached hydrogen (secondary N) is 2. The van der Waals surface area contributed by atoms with Crippen LogP contribution < -0.4 is 25.5 Å². The van der Waals surface area contributed by atoms with Crippen molar-refractivity contribution in [3.05, 3.63) is 48.0 Å². The number of alkyl halides is 3. The van der Waals surface area contributed by atoms with E-state index in [0.29, 0.717) is 5.69 Å². The molecule has 32 heavy (non-hydrogen) atoms. The van der Waals surface area contributed by atoms with Crippen molar-refractivity contribution in [1.82, 2.24) is 5.43 Å². The van der Waals surface area contributed by atoms with E-state index in [9.17, 15) is 26.4 Å². The third-order valence-corrected chi connectivity index (χ3v) is 5.31. The third-order valence-electron chi connectivity index (χ3n) is 4.20. The van der Waals surface area contributed by atoms with Crippen molar-refractivity contribution in [2.45, 2.75) is 18.2 Å². The van der Waals surface area contributed by atoms with Crippen molar-refractivity contribution in [3.8, 4) is 5.75 Å². The normalized spacial score (nSPS) is 15.0. The Hall–Kier alpha value is -3.23. The summed E-state index contributed by atoms with van der Waals surface area (Å²) in [6.07, 6.45) is -4.89. The van der Waals surface area contributed by atoms with Gasteiger partial charge in [-0.15, -0.1) is 13.2 Å². The first kappa shape index (κ1) is 23.4. The van der Waals surface area contributed by atoms with E-state index in [2.05, 4.69) is 20.6 Å². The van der Waals surface area contributed by atoms with E-state index in [1.54, 1.807) is 6.92 Å². The van der Waals surface area contributed by atoms with Gasteiger partial charge in [-0.2, -0.15) is 5.10 Å². The van der Waals surface area contributed by atoms with E-state index in [1.807, 2.05) is 0 Å². The Bertz CT molecular complexity index is 1220. The summed E-state index contributed by atoms with van der Waals surface area (Å²) < 4.78 is 64.5. The molecule has 4 N–H and O–H groups in total. The average molecular weight is 487 g/mol. The molecule has 1 aliphatic heterocycles. The van der Waals surface area contributed by atoms with Crippen LogP contribution in [0.15, 0.2) is 52.5 Å². The van der Waals surface area contributed by atoms with E-state index >= 15 is 0 Å². The number of benzene rings is 2. The number of hydrazone groups is 1.